The molecule has 0 fully saturated rings. The van der Waals surface area contributed by atoms with Crippen LogP contribution in [0.4, 0.5) is 5.69 Å². The molecule has 0 heterocycles. The Labute approximate surface area is 95.6 Å². The number of nitrogens with zero attached hydrogens (tertiary/aromatic N) is 1. The van der Waals surface area contributed by atoms with Gasteiger partial charge in [-0.1, -0.05) is 12.1 Å². The minimum absolute atomic E-state index is 0.0575. The second-order valence-electron chi connectivity index (χ2n) is 3.24. The molecule has 0 spiro atoms. The molecule has 2 aromatic rings. The van der Waals surface area contributed by atoms with Crippen LogP contribution >= 0.6 is 11.6 Å². The zero-order chi connectivity index (χ0) is 11.7. The first kappa shape index (κ1) is 10.6. The lowest BCUT2D eigenvalue weighted by atomic mass is 10.0. The van der Waals surface area contributed by atoms with Gasteiger partial charge in [0.15, 0.2) is 0 Å². The number of hydrogen-bond donors (Lipinski definition) is 0. The summed E-state index contributed by atoms with van der Waals surface area (Å²) >= 11 is 5.41. The number of hydrogen-bond acceptors (Lipinski definition) is 3. The predicted molar refractivity (Wildman–Crippen MR) is 60.8 cm³/mol. The minimum atomic E-state index is -0.619. The Kier molecular flexibility index (Phi) is 2.58. The highest BCUT2D eigenvalue weighted by molar-refractivity contribution is 6.68. The SMILES string of the molecule is O=C(Cl)c1cccc2ccc([N+](=O)[O-])cc12. The van der Waals surface area contributed by atoms with Crippen LogP contribution in [0.2, 0.25) is 0 Å². The van der Waals surface area contributed by atoms with Crippen molar-refractivity contribution in [3.8, 4) is 0 Å². The summed E-state index contributed by atoms with van der Waals surface area (Å²) in [6.07, 6.45) is 0. The van der Waals surface area contributed by atoms with Crippen molar-refractivity contribution in [2.75, 3.05) is 0 Å². The summed E-state index contributed by atoms with van der Waals surface area (Å²) in [6.45, 7) is 0. The van der Waals surface area contributed by atoms with Crippen molar-refractivity contribution in [3.63, 3.8) is 0 Å². The average molecular weight is 236 g/mol. The minimum Gasteiger partial charge on any atom is -0.276 e. The summed E-state index contributed by atoms with van der Waals surface area (Å²) in [6, 6.07) is 9.33. The molecule has 2 rings (SSSR count). The third-order valence-electron chi connectivity index (χ3n) is 2.29. The highest BCUT2D eigenvalue weighted by Crippen LogP contribution is 2.24. The highest BCUT2D eigenvalue weighted by Gasteiger charge is 2.11. The predicted octanol–water partition coefficient (Wildman–Crippen LogP) is 3.13. The third-order valence-corrected chi connectivity index (χ3v) is 2.49. The van der Waals surface area contributed by atoms with Gasteiger partial charge < -0.3 is 0 Å². The molecule has 4 nitrogen and oxygen atoms in total. The van der Waals surface area contributed by atoms with E-state index in [1.165, 1.54) is 12.1 Å². The molecule has 80 valence electrons. The maximum Gasteiger partial charge on any atom is 0.270 e. The van der Waals surface area contributed by atoms with Crippen LogP contribution in [0.1, 0.15) is 10.4 Å². The first-order valence-electron chi connectivity index (χ1n) is 4.46. The fourth-order valence-electron chi connectivity index (χ4n) is 1.55. The first-order valence-corrected chi connectivity index (χ1v) is 4.84. The maximum atomic E-state index is 11.1. The molecule has 5 heteroatoms. The molecule has 0 N–H and O–H groups in total. The summed E-state index contributed by atoms with van der Waals surface area (Å²) in [5.74, 6) is 0. The average Bonchev–Trinajstić information content (AvgIpc) is 2.27. The van der Waals surface area contributed by atoms with Crippen LogP contribution in [-0.2, 0) is 0 Å². The second-order valence-corrected chi connectivity index (χ2v) is 3.59. The van der Waals surface area contributed by atoms with Crippen molar-refractivity contribution in [1.82, 2.24) is 0 Å². The van der Waals surface area contributed by atoms with Crippen LogP contribution in [0.25, 0.3) is 10.8 Å². The lowest BCUT2D eigenvalue weighted by Gasteiger charge is -2.01. The molecule has 0 atom stereocenters. The Balaban J connectivity index is 2.78. The van der Waals surface area contributed by atoms with Gasteiger partial charge in [-0.15, -0.1) is 0 Å². The summed E-state index contributed by atoms with van der Waals surface area (Å²) in [7, 11) is 0. The summed E-state index contributed by atoms with van der Waals surface area (Å²) in [5, 5.41) is 11.2. The summed E-state index contributed by atoms with van der Waals surface area (Å²) < 4.78 is 0. The van der Waals surface area contributed by atoms with Crippen LogP contribution in [0, 0.1) is 10.1 Å². The molecule has 0 saturated carbocycles. The van der Waals surface area contributed by atoms with E-state index < -0.39 is 10.2 Å². The molecule has 0 aromatic heterocycles. The van der Waals surface area contributed by atoms with E-state index in [9.17, 15) is 14.9 Å². The monoisotopic (exact) mass is 235 g/mol. The lowest BCUT2D eigenvalue weighted by Crippen LogP contribution is -1.92. The molecule has 2 aromatic carbocycles. The molecule has 0 aliphatic heterocycles. The molecule has 16 heavy (non-hydrogen) atoms. The number of fused-ring (bicyclic) bond motifs is 1. The van der Waals surface area contributed by atoms with E-state index in [1.54, 1.807) is 24.3 Å². The van der Waals surface area contributed by atoms with Gasteiger partial charge in [0.1, 0.15) is 0 Å². The zero-order valence-electron chi connectivity index (χ0n) is 8.01. The van der Waals surface area contributed by atoms with Crippen molar-refractivity contribution in [2.24, 2.45) is 0 Å². The zero-order valence-corrected chi connectivity index (χ0v) is 8.77. The van der Waals surface area contributed by atoms with Crippen LogP contribution in [0.5, 0.6) is 0 Å². The molecule has 0 saturated heterocycles. The number of carbonyl (C=O) groups is 1. The van der Waals surface area contributed by atoms with E-state index >= 15 is 0 Å². The topological polar surface area (TPSA) is 60.2 Å². The number of benzene rings is 2. The van der Waals surface area contributed by atoms with Crippen molar-refractivity contribution < 1.29 is 9.72 Å². The molecule has 0 unspecified atom stereocenters. The van der Waals surface area contributed by atoms with E-state index in [0.717, 1.165) is 5.39 Å². The van der Waals surface area contributed by atoms with Gasteiger partial charge in [-0.2, -0.15) is 0 Å². The molecule has 0 aliphatic carbocycles. The molecule has 0 radical (unpaired) electrons. The van der Waals surface area contributed by atoms with Crippen molar-refractivity contribution in [2.45, 2.75) is 0 Å². The number of rotatable bonds is 2. The Morgan fingerprint density at radius 3 is 2.62 bits per heavy atom. The third kappa shape index (κ3) is 1.75. The Hall–Kier alpha value is -1.94. The van der Waals surface area contributed by atoms with Crippen molar-refractivity contribution in [1.29, 1.82) is 0 Å². The van der Waals surface area contributed by atoms with Crippen LogP contribution in [0.3, 0.4) is 0 Å². The normalized spacial score (nSPS) is 10.3. The van der Waals surface area contributed by atoms with E-state index in [-0.39, 0.29) is 11.3 Å². The van der Waals surface area contributed by atoms with Gasteiger partial charge in [-0.3, -0.25) is 14.9 Å². The van der Waals surface area contributed by atoms with Crippen LogP contribution in [0.15, 0.2) is 36.4 Å². The first-order chi connectivity index (χ1) is 7.59. The standard InChI is InChI=1S/C11H6ClNO3/c12-11(14)9-3-1-2-7-4-5-8(13(15)16)6-10(7)9/h1-6H. The van der Waals surface area contributed by atoms with Gasteiger partial charge in [0.05, 0.1) is 4.92 Å². The Morgan fingerprint density at radius 2 is 2.00 bits per heavy atom. The summed E-state index contributed by atoms with van der Waals surface area (Å²) in [5.41, 5.74) is 0.223. The van der Waals surface area contributed by atoms with Crippen molar-refractivity contribution >= 4 is 33.3 Å². The number of nitro groups is 1. The van der Waals surface area contributed by atoms with Crippen LogP contribution in [-0.4, -0.2) is 10.2 Å². The van der Waals surface area contributed by atoms with Gasteiger partial charge in [0.2, 0.25) is 0 Å². The Bertz CT molecular complexity index is 595. The maximum absolute atomic E-state index is 11.1. The van der Waals surface area contributed by atoms with Gasteiger partial charge in [0.25, 0.3) is 10.9 Å². The molecular weight excluding hydrogens is 230 g/mol. The quantitative estimate of drug-likeness (QED) is 0.456. The number of carbonyl (C=O) groups excluding carboxylic acids is 1. The van der Waals surface area contributed by atoms with E-state index in [1.807, 2.05) is 0 Å². The highest BCUT2D eigenvalue weighted by atomic mass is 35.5. The van der Waals surface area contributed by atoms with Crippen molar-refractivity contribution in [3.05, 3.63) is 52.1 Å². The Morgan fingerprint density at radius 1 is 1.25 bits per heavy atom. The number of non-ortho nitro benzene ring substituents is 1. The van der Waals surface area contributed by atoms with Gasteiger partial charge in [-0.25, -0.2) is 0 Å². The number of nitro benzene ring substituents is 1. The van der Waals surface area contributed by atoms with Gasteiger partial charge in [0, 0.05) is 23.1 Å². The molecule has 0 aliphatic rings. The fraction of sp³-hybridized carbons (Fsp3) is 0. The van der Waals surface area contributed by atoms with Gasteiger partial charge in [-0.05, 0) is 29.1 Å². The molecule has 0 amide bonds. The van der Waals surface area contributed by atoms with E-state index in [4.69, 9.17) is 11.6 Å². The van der Waals surface area contributed by atoms with Gasteiger partial charge >= 0.3 is 0 Å². The van der Waals surface area contributed by atoms with Crippen LogP contribution < -0.4 is 0 Å². The summed E-state index contributed by atoms with van der Waals surface area (Å²) in [4.78, 5) is 21.2. The fourth-order valence-corrected chi connectivity index (χ4v) is 1.71. The molecule has 0 bridgehead atoms. The number of halogens is 1. The molecular formula is C11H6ClNO3. The lowest BCUT2D eigenvalue weighted by molar-refractivity contribution is -0.384. The van der Waals surface area contributed by atoms with E-state index in [2.05, 4.69) is 0 Å². The smallest absolute Gasteiger partial charge is 0.270 e. The largest absolute Gasteiger partial charge is 0.276 e. The second kappa shape index (κ2) is 3.90. The van der Waals surface area contributed by atoms with E-state index in [0.29, 0.717) is 5.39 Å².